The molecule has 0 aliphatic heterocycles. The number of anilines is 3. The van der Waals surface area contributed by atoms with Gasteiger partial charge in [0.25, 0.3) is 5.91 Å². The van der Waals surface area contributed by atoms with Crippen LogP contribution in [-0.2, 0) is 0 Å². The number of nitrogen functional groups attached to an aromatic ring is 1. The summed E-state index contributed by atoms with van der Waals surface area (Å²) >= 11 is 0. The Morgan fingerprint density at radius 1 is 1.19 bits per heavy atom. The zero-order chi connectivity index (χ0) is 15.6. The normalized spacial score (nSPS) is 10.3. The maximum Gasteiger partial charge on any atom is 0.251 e. The van der Waals surface area contributed by atoms with E-state index in [9.17, 15) is 13.6 Å². The molecule has 110 valence electrons. The van der Waals surface area contributed by atoms with Gasteiger partial charge in [-0.3, -0.25) is 4.79 Å². The van der Waals surface area contributed by atoms with Crippen LogP contribution in [0.1, 0.15) is 15.9 Å². The Morgan fingerprint density at radius 2 is 1.90 bits per heavy atom. The molecular formula is C15H15F2N3O. The molecule has 0 saturated heterocycles. The van der Waals surface area contributed by atoms with Crippen LogP contribution in [0.2, 0.25) is 0 Å². The molecular weight excluding hydrogens is 276 g/mol. The highest BCUT2D eigenvalue weighted by molar-refractivity contribution is 5.96. The number of nitrogens with two attached hydrogens (primary N) is 1. The molecule has 0 saturated carbocycles. The third-order valence-electron chi connectivity index (χ3n) is 3.08. The fraction of sp³-hybridized carbons (Fsp3) is 0.133. The van der Waals surface area contributed by atoms with E-state index >= 15 is 0 Å². The van der Waals surface area contributed by atoms with E-state index < -0.39 is 11.6 Å². The SMILES string of the molecule is CNC(=O)c1ccc(Nc2c(F)ccc(C)c2F)c(N)c1. The third-order valence-corrected chi connectivity index (χ3v) is 3.08. The lowest BCUT2D eigenvalue weighted by molar-refractivity contribution is 0.0963. The van der Waals surface area contributed by atoms with Gasteiger partial charge in [-0.1, -0.05) is 6.07 Å². The predicted molar refractivity (Wildman–Crippen MR) is 78.6 cm³/mol. The van der Waals surface area contributed by atoms with Crippen molar-refractivity contribution in [3.8, 4) is 0 Å². The minimum Gasteiger partial charge on any atom is -0.397 e. The quantitative estimate of drug-likeness (QED) is 0.762. The molecule has 2 rings (SSSR count). The molecule has 2 aromatic rings. The molecule has 0 unspecified atom stereocenters. The van der Waals surface area contributed by atoms with Gasteiger partial charge in [0.05, 0.1) is 11.4 Å². The Bertz CT molecular complexity index is 702. The van der Waals surface area contributed by atoms with Gasteiger partial charge >= 0.3 is 0 Å². The molecule has 4 N–H and O–H groups in total. The number of aryl methyl sites for hydroxylation is 1. The van der Waals surface area contributed by atoms with Gasteiger partial charge in [-0.15, -0.1) is 0 Å². The highest BCUT2D eigenvalue weighted by atomic mass is 19.1. The van der Waals surface area contributed by atoms with Crippen molar-refractivity contribution in [2.75, 3.05) is 18.1 Å². The molecule has 4 nitrogen and oxygen atoms in total. The van der Waals surface area contributed by atoms with Crippen LogP contribution in [0.25, 0.3) is 0 Å². The molecule has 2 aromatic carbocycles. The van der Waals surface area contributed by atoms with Crippen LogP contribution in [0.5, 0.6) is 0 Å². The van der Waals surface area contributed by atoms with Crippen molar-refractivity contribution in [1.29, 1.82) is 0 Å². The Labute approximate surface area is 121 Å². The molecule has 0 radical (unpaired) electrons. The predicted octanol–water partition coefficient (Wildman–Crippen LogP) is 2.96. The van der Waals surface area contributed by atoms with E-state index in [1.807, 2.05) is 0 Å². The van der Waals surface area contributed by atoms with Crippen LogP contribution in [-0.4, -0.2) is 13.0 Å². The lowest BCUT2D eigenvalue weighted by Gasteiger charge is -2.13. The van der Waals surface area contributed by atoms with Gasteiger partial charge in [-0.05, 0) is 36.8 Å². The molecule has 0 aliphatic carbocycles. The van der Waals surface area contributed by atoms with Gasteiger partial charge in [0.2, 0.25) is 0 Å². The minimum atomic E-state index is -0.715. The van der Waals surface area contributed by atoms with Crippen molar-refractivity contribution in [2.45, 2.75) is 6.92 Å². The summed E-state index contributed by atoms with van der Waals surface area (Å²) in [6.07, 6.45) is 0. The van der Waals surface area contributed by atoms with Crippen molar-refractivity contribution in [3.05, 3.63) is 53.1 Å². The summed E-state index contributed by atoms with van der Waals surface area (Å²) in [6.45, 7) is 1.54. The Hall–Kier alpha value is -2.63. The molecule has 0 spiro atoms. The van der Waals surface area contributed by atoms with E-state index in [1.54, 1.807) is 0 Å². The monoisotopic (exact) mass is 291 g/mol. The Balaban J connectivity index is 2.37. The second-order valence-corrected chi connectivity index (χ2v) is 4.56. The van der Waals surface area contributed by atoms with Gasteiger partial charge in [-0.25, -0.2) is 8.78 Å². The van der Waals surface area contributed by atoms with E-state index in [0.29, 0.717) is 16.8 Å². The number of carbonyl (C=O) groups is 1. The van der Waals surface area contributed by atoms with Crippen molar-refractivity contribution < 1.29 is 13.6 Å². The largest absolute Gasteiger partial charge is 0.397 e. The fourth-order valence-electron chi connectivity index (χ4n) is 1.87. The zero-order valence-electron chi connectivity index (χ0n) is 11.6. The summed E-state index contributed by atoms with van der Waals surface area (Å²) < 4.78 is 27.6. The van der Waals surface area contributed by atoms with Crippen molar-refractivity contribution >= 4 is 23.0 Å². The number of nitrogens with one attached hydrogen (secondary N) is 2. The van der Waals surface area contributed by atoms with Crippen LogP contribution in [0, 0.1) is 18.6 Å². The first-order valence-corrected chi connectivity index (χ1v) is 6.27. The summed E-state index contributed by atoms with van der Waals surface area (Å²) in [7, 11) is 1.50. The summed E-state index contributed by atoms with van der Waals surface area (Å²) in [6, 6.07) is 6.99. The average Bonchev–Trinajstić information content (AvgIpc) is 2.48. The zero-order valence-corrected chi connectivity index (χ0v) is 11.6. The van der Waals surface area contributed by atoms with Gasteiger partial charge in [-0.2, -0.15) is 0 Å². The summed E-state index contributed by atoms with van der Waals surface area (Å²) in [4.78, 5) is 11.5. The molecule has 0 aromatic heterocycles. The first kappa shape index (κ1) is 14.8. The molecule has 0 fully saturated rings. The smallest absolute Gasteiger partial charge is 0.251 e. The molecule has 1 amide bonds. The van der Waals surface area contributed by atoms with Gasteiger partial charge in [0.15, 0.2) is 5.82 Å². The maximum absolute atomic E-state index is 13.9. The van der Waals surface area contributed by atoms with E-state index in [2.05, 4.69) is 10.6 Å². The van der Waals surface area contributed by atoms with Crippen LogP contribution in [0.15, 0.2) is 30.3 Å². The van der Waals surface area contributed by atoms with Crippen molar-refractivity contribution in [1.82, 2.24) is 5.32 Å². The third kappa shape index (κ3) is 2.94. The fourth-order valence-corrected chi connectivity index (χ4v) is 1.87. The van der Waals surface area contributed by atoms with Gasteiger partial charge in [0.1, 0.15) is 11.5 Å². The molecule has 21 heavy (non-hydrogen) atoms. The molecule has 0 heterocycles. The van der Waals surface area contributed by atoms with Gasteiger partial charge < -0.3 is 16.4 Å². The Morgan fingerprint density at radius 3 is 2.52 bits per heavy atom. The number of hydrogen-bond donors (Lipinski definition) is 3. The highest BCUT2D eigenvalue weighted by Gasteiger charge is 2.13. The van der Waals surface area contributed by atoms with Gasteiger partial charge in [0, 0.05) is 12.6 Å². The second kappa shape index (κ2) is 5.78. The number of rotatable bonds is 3. The first-order chi connectivity index (χ1) is 9.93. The van der Waals surface area contributed by atoms with Crippen LogP contribution >= 0.6 is 0 Å². The number of hydrogen-bond acceptors (Lipinski definition) is 3. The summed E-state index contributed by atoms with van der Waals surface area (Å²) in [5, 5.41) is 5.10. The number of amides is 1. The topological polar surface area (TPSA) is 67.2 Å². The molecule has 0 bridgehead atoms. The van der Waals surface area contributed by atoms with Crippen molar-refractivity contribution in [3.63, 3.8) is 0 Å². The van der Waals surface area contributed by atoms with Crippen LogP contribution < -0.4 is 16.4 Å². The maximum atomic E-state index is 13.9. The molecule has 0 atom stereocenters. The standard InChI is InChI=1S/C15H15F2N3O/c1-8-3-5-10(16)14(13(8)17)20-12-6-4-9(7-11(12)18)15(21)19-2/h3-7,20H,18H2,1-2H3,(H,19,21). The van der Waals surface area contributed by atoms with E-state index in [-0.39, 0.29) is 17.3 Å². The lowest BCUT2D eigenvalue weighted by Crippen LogP contribution is -2.18. The molecule has 6 heteroatoms. The van der Waals surface area contributed by atoms with E-state index in [0.717, 1.165) is 0 Å². The average molecular weight is 291 g/mol. The number of benzene rings is 2. The molecule has 0 aliphatic rings. The van der Waals surface area contributed by atoms with Crippen LogP contribution in [0.4, 0.5) is 25.8 Å². The lowest BCUT2D eigenvalue weighted by atomic mass is 10.1. The highest BCUT2D eigenvalue weighted by Crippen LogP contribution is 2.29. The van der Waals surface area contributed by atoms with Crippen molar-refractivity contribution in [2.24, 2.45) is 0 Å². The summed E-state index contributed by atoms with van der Waals surface area (Å²) in [5.74, 6) is -1.68. The van der Waals surface area contributed by atoms with E-state index in [4.69, 9.17) is 5.73 Å². The first-order valence-electron chi connectivity index (χ1n) is 6.27. The van der Waals surface area contributed by atoms with Crippen LogP contribution in [0.3, 0.4) is 0 Å². The number of halogens is 2. The van der Waals surface area contributed by atoms with E-state index in [1.165, 1.54) is 44.3 Å². The summed E-state index contributed by atoms with van der Waals surface area (Å²) in [5.41, 5.74) is 6.77. The number of carbonyl (C=O) groups excluding carboxylic acids is 1. The second-order valence-electron chi connectivity index (χ2n) is 4.56. The Kier molecular flexibility index (Phi) is 4.07. The minimum absolute atomic E-state index is 0.219.